The molecule has 0 bridgehead atoms. The molecule has 0 fully saturated rings. The minimum absolute atomic E-state index is 0.682. The normalized spacial score (nSPS) is 10.7. The Labute approximate surface area is 123 Å². The second-order valence-electron chi connectivity index (χ2n) is 4.77. The molecule has 20 heavy (non-hydrogen) atoms. The third kappa shape index (κ3) is 2.47. The van der Waals surface area contributed by atoms with Crippen LogP contribution in [0.4, 0.5) is 5.69 Å². The van der Waals surface area contributed by atoms with Crippen LogP contribution in [0, 0.1) is 6.92 Å². The molecule has 0 spiro atoms. The van der Waals surface area contributed by atoms with Gasteiger partial charge in [-0.2, -0.15) is 0 Å². The highest BCUT2D eigenvalue weighted by atomic mass is 35.5. The van der Waals surface area contributed by atoms with Gasteiger partial charge < -0.3 is 5.32 Å². The summed E-state index contributed by atoms with van der Waals surface area (Å²) in [7, 11) is 0. The number of aryl methyl sites for hydroxylation is 1. The third-order valence-electron chi connectivity index (χ3n) is 3.45. The molecule has 0 aliphatic carbocycles. The molecule has 100 valence electrons. The van der Waals surface area contributed by atoms with E-state index in [4.69, 9.17) is 11.6 Å². The number of fused-ring (bicyclic) bond motifs is 1. The average molecular weight is 283 g/mol. The molecule has 0 aliphatic heterocycles. The number of anilines is 1. The van der Waals surface area contributed by atoms with Crippen LogP contribution in [-0.4, -0.2) is 4.98 Å². The zero-order valence-corrected chi connectivity index (χ0v) is 12.0. The van der Waals surface area contributed by atoms with Crippen LogP contribution in [0.1, 0.15) is 11.1 Å². The molecule has 0 atom stereocenters. The van der Waals surface area contributed by atoms with Crippen molar-refractivity contribution in [3.8, 4) is 0 Å². The summed E-state index contributed by atoms with van der Waals surface area (Å²) >= 11 is 6.18. The molecule has 3 aromatic rings. The van der Waals surface area contributed by atoms with Crippen molar-refractivity contribution < 1.29 is 0 Å². The Balaban J connectivity index is 1.92. The average Bonchev–Trinajstić information content (AvgIpc) is 2.48. The van der Waals surface area contributed by atoms with Gasteiger partial charge in [-0.15, -0.1) is 0 Å². The lowest BCUT2D eigenvalue weighted by molar-refractivity contribution is 1.12. The fourth-order valence-corrected chi connectivity index (χ4v) is 2.50. The van der Waals surface area contributed by atoms with Gasteiger partial charge in [-0.05, 0) is 42.3 Å². The predicted octanol–water partition coefficient (Wildman–Crippen LogP) is 4.81. The van der Waals surface area contributed by atoms with Crippen molar-refractivity contribution in [3.05, 3.63) is 70.9 Å². The van der Waals surface area contributed by atoms with E-state index in [-0.39, 0.29) is 0 Å². The van der Waals surface area contributed by atoms with Gasteiger partial charge in [0.2, 0.25) is 0 Å². The Hall–Kier alpha value is -2.06. The molecule has 1 heterocycles. The van der Waals surface area contributed by atoms with Gasteiger partial charge in [0.1, 0.15) is 0 Å². The van der Waals surface area contributed by atoms with Gasteiger partial charge in [-0.1, -0.05) is 35.9 Å². The predicted molar refractivity (Wildman–Crippen MR) is 85.3 cm³/mol. The first-order valence-electron chi connectivity index (χ1n) is 6.57. The summed E-state index contributed by atoms with van der Waals surface area (Å²) in [6, 6.07) is 16.2. The molecule has 0 saturated heterocycles. The second-order valence-corrected chi connectivity index (χ2v) is 5.18. The molecular weight excluding hydrogens is 268 g/mol. The Kier molecular flexibility index (Phi) is 3.57. The van der Waals surface area contributed by atoms with E-state index in [1.165, 1.54) is 11.1 Å². The van der Waals surface area contributed by atoms with Gasteiger partial charge in [0.05, 0.1) is 10.5 Å². The number of nitrogens with zero attached hydrogens (tertiary/aromatic N) is 1. The summed E-state index contributed by atoms with van der Waals surface area (Å²) in [5.74, 6) is 0. The van der Waals surface area contributed by atoms with Crippen molar-refractivity contribution in [2.75, 3.05) is 5.32 Å². The fraction of sp³-hybridized carbons (Fsp3) is 0.118. The smallest absolute Gasteiger partial charge is 0.0908 e. The second kappa shape index (κ2) is 5.51. The fourth-order valence-electron chi connectivity index (χ4n) is 2.29. The highest BCUT2D eigenvalue weighted by Gasteiger charge is 2.05. The lowest BCUT2D eigenvalue weighted by Gasteiger charge is -2.11. The van der Waals surface area contributed by atoms with E-state index >= 15 is 0 Å². The van der Waals surface area contributed by atoms with E-state index < -0.39 is 0 Å². The van der Waals surface area contributed by atoms with E-state index in [0.717, 1.165) is 23.1 Å². The van der Waals surface area contributed by atoms with E-state index in [9.17, 15) is 0 Å². The lowest BCUT2D eigenvalue weighted by atomic mass is 10.1. The van der Waals surface area contributed by atoms with Crippen LogP contribution >= 0.6 is 11.6 Å². The molecule has 1 aromatic heterocycles. The van der Waals surface area contributed by atoms with E-state index in [0.29, 0.717) is 5.02 Å². The van der Waals surface area contributed by atoms with Gasteiger partial charge in [0.15, 0.2) is 0 Å². The summed E-state index contributed by atoms with van der Waals surface area (Å²) in [6.45, 7) is 2.91. The van der Waals surface area contributed by atoms with Crippen LogP contribution in [0.3, 0.4) is 0 Å². The molecule has 1 N–H and O–H groups in total. The third-order valence-corrected chi connectivity index (χ3v) is 3.76. The van der Waals surface area contributed by atoms with Crippen molar-refractivity contribution in [2.24, 2.45) is 0 Å². The van der Waals surface area contributed by atoms with Crippen molar-refractivity contribution >= 4 is 28.2 Å². The molecule has 2 aromatic carbocycles. The first-order valence-corrected chi connectivity index (χ1v) is 6.95. The summed E-state index contributed by atoms with van der Waals surface area (Å²) in [5.41, 5.74) is 4.47. The van der Waals surface area contributed by atoms with Crippen molar-refractivity contribution in [3.63, 3.8) is 0 Å². The molecule has 0 aliphatic rings. The molecule has 0 unspecified atom stereocenters. The number of rotatable bonds is 3. The van der Waals surface area contributed by atoms with Gasteiger partial charge in [0, 0.05) is 23.8 Å². The van der Waals surface area contributed by atoms with Crippen LogP contribution in [-0.2, 0) is 6.54 Å². The van der Waals surface area contributed by atoms with Crippen molar-refractivity contribution in [2.45, 2.75) is 13.5 Å². The number of halogens is 1. The maximum absolute atomic E-state index is 6.18. The van der Waals surface area contributed by atoms with Gasteiger partial charge >= 0.3 is 0 Å². The van der Waals surface area contributed by atoms with Crippen LogP contribution in [0.5, 0.6) is 0 Å². The van der Waals surface area contributed by atoms with Gasteiger partial charge in [-0.3, -0.25) is 4.98 Å². The first-order chi connectivity index (χ1) is 9.75. The largest absolute Gasteiger partial charge is 0.380 e. The number of nitrogens with one attached hydrogen (secondary N) is 1. The highest BCUT2D eigenvalue weighted by Crippen LogP contribution is 2.28. The van der Waals surface area contributed by atoms with Crippen molar-refractivity contribution in [1.29, 1.82) is 0 Å². The number of hydrogen-bond acceptors (Lipinski definition) is 2. The monoisotopic (exact) mass is 282 g/mol. The summed E-state index contributed by atoms with van der Waals surface area (Å²) in [5, 5.41) is 5.21. The molecule has 3 heteroatoms. The van der Waals surface area contributed by atoms with E-state index in [2.05, 4.69) is 41.5 Å². The van der Waals surface area contributed by atoms with Crippen LogP contribution in [0.2, 0.25) is 5.02 Å². The molecule has 0 amide bonds. The molecule has 2 nitrogen and oxygen atoms in total. The Bertz CT molecular complexity index is 753. The molecule has 0 saturated carbocycles. The minimum atomic E-state index is 0.682. The molecule has 3 rings (SSSR count). The quantitative estimate of drug-likeness (QED) is 0.746. The highest BCUT2D eigenvalue weighted by molar-refractivity contribution is 6.35. The number of hydrogen-bond donors (Lipinski definition) is 1. The topological polar surface area (TPSA) is 24.9 Å². The molecule has 0 radical (unpaired) electrons. The Morgan fingerprint density at radius 2 is 1.90 bits per heavy atom. The Morgan fingerprint density at radius 3 is 2.75 bits per heavy atom. The zero-order valence-electron chi connectivity index (χ0n) is 11.2. The number of pyridine rings is 1. The SMILES string of the molecule is Cc1ccccc1CNc1ccc(Cl)c2ncccc12. The maximum Gasteiger partial charge on any atom is 0.0908 e. The standard InChI is InChI=1S/C17H15ClN2/c1-12-5-2-3-6-13(12)11-20-16-9-8-15(18)17-14(16)7-4-10-19-17/h2-10,20H,11H2,1H3. The summed E-state index contributed by atoms with van der Waals surface area (Å²) in [6.07, 6.45) is 1.76. The van der Waals surface area contributed by atoms with Crippen LogP contribution < -0.4 is 5.32 Å². The van der Waals surface area contributed by atoms with E-state index in [1.807, 2.05) is 24.3 Å². The lowest BCUT2D eigenvalue weighted by Crippen LogP contribution is -2.01. The molecular formula is C17H15ClN2. The van der Waals surface area contributed by atoms with Crippen molar-refractivity contribution in [1.82, 2.24) is 4.98 Å². The zero-order chi connectivity index (χ0) is 13.9. The summed E-state index contributed by atoms with van der Waals surface area (Å²) < 4.78 is 0. The van der Waals surface area contributed by atoms with Gasteiger partial charge in [0.25, 0.3) is 0 Å². The van der Waals surface area contributed by atoms with Crippen LogP contribution in [0.15, 0.2) is 54.7 Å². The summed E-state index contributed by atoms with van der Waals surface area (Å²) in [4.78, 5) is 4.34. The van der Waals surface area contributed by atoms with E-state index in [1.54, 1.807) is 6.20 Å². The van der Waals surface area contributed by atoms with Gasteiger partial charge in [-0.25, -0.2) is 0 Å². The minimum Gasteiger partial charge on any atom is -0.380 e. The Morgan fingerprint density at radius 1 is 1.05 bits per heavy atom. The number of aromatic nitrogens is 1. The van der Waals surface area contributed by atoms with Crippen LogP contribution in [0.25, 0.3) is 10.9 Å². The maximum atomic E-state index is 6.18. The first kappa shape index (κ1) is 12.9. The number of benzene rings is 2.